The van der Waals surface area contributed by atoms with Gasteiger partial charge in [-0.3, -0.25) is 9.59 Å². The number of carbonyl (C=O) groups is 2. The molecule has 0 bridgehead atoms. The Morgan fingerprint density at radius 1 is 1.15 bits per heavy atom. The summed E-state index contributed by atoms with van der Waals surface area (Å²) >= 11 is 0. The van der Waals surface area contributed by atoms with E-state index in [0.717, 1.165) is 12.1 Å². The van der Waals surface area contributed by atoms with Gasteiger partial charge in [0.25, 0.3) is 0 Å². The number of hydrogen-bond acceptors (Lipinski definition) is 5. The maximum atomic E-state index is 13.1. The van der Waals surface area contributed by atoms with Crippen molar-refractivity contribution in [1.29, 1.82) is 0 Å². The molecule has 1 saturated heterocycles. The summed E-state index contributed by atoms with van der Waals surface area (Å²) in [4.78, 5) is 25.9. The molecule has 2 atom stereocenters. The van der Waals surface area contributed by atoms with Gasteiger partial charge >= 0.3 is 18.0 Å². The van der Waals surface area contributed by atoms with E-state index in [9.17, 15) is 27.9 Å². The predicted molar refractivity (Wildman–Crippen MR) is 90.3 cm³/mol. The highest BCUT2D eigenvalue weighted by Crippen LogP contribution is 2.35. The third-order valence-electron chi connectivity index (χ3n) is 4.68. The SMILES string of the molecule is O=C(Nc1cc(C(F)(F)F)ccc1N1CCOCC1)C(=O)N[C@@H]1CC[C@H]1O. The van der Waals surface area contributed by atoms with E-state index in [1.165, 1.54) is 6.07 Å². The summed E-state index contributed by atoms with van der Waals surface area (Å²) in [6.07, 6.45) is -4.22. The molecule has 148 valence electrons. The van der Waals surface area contributed by atoms with Crippen LogP contribution in [0.4, 0.5) is 24.5 Å². The zero-order valence-electron chi connectivity index (χ0n) is 14.4. The zero-order chi connectivity index (χ0) is 19.6. The number of nitrogens with one attached hydrogen (secondary N) is 2. The number of alkyl halides is 3. The minimum atomic E-state index is -4.58. The summed E-state index contributed by atoms with van der Waals surface area (Å²) < 4.78 is 44.4. The quantitative estimate of drug-likeness (QED) is 0.677. The lowest BCUT2D eigenvalue weighted by molar-refractivity contribution is -0.138. The van der Waals surface area contributed by atoms with Crippen molar-refractivity contribution in [1.82, 2.24) is 5.32 Å². The highest BCUT2D eigenvalue weighted by Gasteiger charge is 2.34. The van der Waals surface area contributed by atoms with Crippen LogP contribution >= 0.6 is 0 Å². The number of carbonyl (C=O) groups excluding carboxylic acids is 2. The number of rotatable bonds is 3. The average Bonchev–Trinajstić information content (AvgIpc) is 2.64. The van der Waals surface area contributed by atoms with Gasteiger partial charge in [0, 0.05) is 13.1 Å². The molecule has 7 nitrogen and oxygen atoms in total. The lowest BCUT2D eigenvalue weighted by atomic mass is 9.89. The lowest BCUT2D eigenvalue weighted by Crippen LogP contribution is -2.52. The third kappa shape index (κ3) is 4.51. The molecule has 10 heteroatoms. The Labute approximate surface area is 153 Å². The summed E-state index contributed by atoms with van der Waals surface area (Å²) in [6, 6.07) is 2.51. The number of aliphatic hydroxyl groups excluding tert-OH is 1. The van der Waals surface area contributed by atoms with Crippen molar-refractivity contribution in [2.45, 2.75) is 31.2 Å². The molecule has 0 unspecified atom stereocenters. The van der Waals surface area contributed by atoms with Gasteiger partial charge in [-0.1, -0.05) is 0 Å². The van der Waals surface area contributed by atoms with Crippen molar-refractivity contribution in [3.05, 3.63) is 23.8 Å². The Kier molecular flexibility index (Phi) is 5.56. The van der Waals surface area contributed by atoms with Crippen LogP contribution in [0.15, 0.2) is 18.2 Å². The third-order valence-corrected chi connectivity index (χ3v) is 4.68. The normalized spacial score (nSPS) is 22.7. The van der Waals surface area contributed by atoms with Crippen LogP contribution < -0.4 is 15.5 Å². The van der Waals surface area contributed by atoms with Gasteiger partial charge in [-0.25, -0.2) is 0 Å². The molecule has 0 radical (unpaired) electrons. The number of morpholine rings is 1. The minimum absolute atomic E-state index is 0.0963. The second-order valence-corrected chi connectivity index (χ2v) is 6.51. The molecule has 1 saturated carbocycles. The number of aliphatic hydroxyl groups is 1. The number of ether oxygens (including phenoxy) is 1. The Morgan fingerprint density at radius 3 is 2.41 bits per heavy atom. The summed E-state index contributed by atoms with van der Waals surface area (Å²) in [5.41, 5.74) is -0.637. The fourth-order valence-electron chi connectivity index (χ4n) is 2.96. The Bertz CT molecular complexity index is 720. The van der Waals surface area contributed by atoms with E-state index in [1.54, 1.807) is 4.90 Å². The van der Waals surface area contributed by atoms with Crippen LogP contribution in [0, 0.1) is 0 Å². The summed E-state index contributed by atoms with van der Waals surface area (Å²) in [6.45, 7) is 1.73. The molecule has 0 spiro atoms. The van der Waals surface area contributed by atoms with Crippen molar-refractivity contribution in [3.63, 3.8) is 0 Å². The molecule has 1 aromatic carbocycles. The number of amides is 2. The van der Waals surface area contributed by atoms with Crippen molar-refractivity contribution in [2.75, 3.05) is 36.5 Å². The van der Waals surface area contributed by atoms with Crippen LogP contribution in [0.3, 0.4) is 0 Å². The molecule has 2 fully saturated rings. The van der Waals surface area contributed by atoms with Crippen molar-refractivity contribution in [3.8, 4) is 0 Å². The smallest absolute Gasteiger partial charge is 0.391 e. The zero-order valence-corrected chi connectivity index (χ0v) is 14.4. The number of nitrogens with zero attached hydrogens (tertiary/aromatic N) is 1. The van der Waals surface area contributed by atoms with Gasteiger partial charge < -0.3 is 25.4 Å². The lowest BCUT2D eigenvalue weighted by Gasteiger charge is -2.33. The Hall–Kier alpha value is -2.33. The molecule has 1 aromatic rings. The fourth-order valence-corrected chi connectivity index (χ4v) is 2.96. The van der Waals surface area contributed by atoms with Gasteiger partial charge in [-0.2, -0.15) is 13.2 Å². The molecule has 1 heterocycles. The van der Waals surface area contributed by atoms with E-state index >= 15 is 0 Å². The van der Waals surface area contributed by atoms with E-state index in [1.807, 2.05) is 0 Å². The van der Waals surface area contributed by atoms with Crippen LogP contribution in [-0.4, -0.2) is 55.4 Å². The summed E-state index contributed by atoms with van der Waals surface area (Å²) in [5.74, 6) is -2.08. The minimum Gasteiger partial charge on any atom is -0.391 e. The average molecular weight is 387 g/mol. The van der Waals surface area contributed by atoms with Gasteiger partial charge in [-0.15, -0.1) is 0 Å². The number of benzene rings is 1. The van der Waals surface area contributed by atoms with E-state index < -0.39 is 35.7 Å². The second kappa shape index (κ2) is 7.73. The first-order valence-electron chi connectivity index (χ1n) is 8.59. The van der Waals surface area contributed by atoms with Gasteiger partial charge in [0.1, 0.15) is 0 Å². The van der Waals surface area contributed by atoms with Gasteiger partial charge in [0.05, 0.1) is 42.3 Å². The maximum absolute atomic E-state index is 13.1. The van der Waals surface area contributed by atoms with E-state index in [-0.39, 0.29) is 5.69 Å². The van der Waals surface area contributed by atoms with Crippen LogP contribution in [0.25, 0.3) is 0 Å². The van der Waals surface area contributed by atoms with Crippen LogP contribution in [0.1, 0.15) is 18.4 Å². The molecule has 27 heavy (non-hydrogen) atoms. The number of hydrogen-bond donors (Lipinski definition) is 3. The van der Waals surface area contributed by atoms with Crippen molar-refractivity contribution < 1.29 is 32.6 Å². The van der Waals surface area contributed by atoms with Crippen molar-refractivity contribution in [2.24, 2.45) is 0 Å². The standard InChI is InChI=1S/C17H20F3N3O4/c18-17(19,20)10-1-3-13(23-5-7-27-8-6-23)12(9-10)22-16(26)15(25)21-11-2-4-14(11)24/h1,3,9,11,14,24H,2,4-8H2,(H,21,25)(H,22,26)/t11-,14-/m1/s1. The first-order valence-corrected chi connectivity index (χ1v) is 8.59. The molecule has 1 aliphatic carbocycles. The molecule has 3 rings (SSSR count). The molecular weight excluding hydrogens is 367 g/mol. The second-order valence-electron chi connectivity index (χ2n) is 6.51. The predicted octanol–water partition coefficient (Wildman–Crippen LogP) is 1.12. The van der Waals surface area contributed by atoms with Gasteiger partial charge in [0.15, 0.2) is 0 Å². The van der Waals surface area contributed by atoms with E-state index in [0.29, 0.717) is 44.8 Å². The van der Waals surface area contributed by atoms with Crippen LogP contribution in [0.2, 0.25) is 0 Å². The number of anilines is 2. The van der Waals surface area contributed by atoms with E-state index in [2.05, 4.69) is 10.6 Å². The van der Waals surface area contributed by atoms with Crippen molar-refractivity contribution >= 4 is 23.2 Å². The van der Waals surface area contributed by atoms with Crippen LogP contribution in [0.5, 0.6) is 0 Å². The largest absolute Gasteiger partial charge is 0.416 e. The topological polar surface area (TPSA) is 90.9 Å². The fraction of sp³-hybridized carbons (Fsp3) is 0.529. The highest BCUT2D eigenvalue weighted by atomic mass is 19.4. The first-order chi connectivity index (χ1) is 12.8. The molecule has 1 aliphatic heterocycles. The highest BCUT2D eigenvalue weighted by molar-refractivity contribution is 6.40. The Morgan fingerprint density at radius 2 is 1.85 bits per heavy atom. The van der Waals surface area contributed by atoms with Gasteiger partial charge in [0.2, 0.25) is 0 Å². The molecular formula is C17H20F3N3O4. The summed E-state index contributed by atoms with van der Waals surface area (Å²) in [5, 5.41) is 14.1. The van der Waals surface area contributed by atoms with Crippen LogP contribution in [-0.2, 0) is 20.5 Å². The molecule has 2 amide bonds. The Balaban J connectivity index is 1.79. The molecule has 3 N–H and O–H groups in total. The molecule has 0 aromatic heterocycles. The van der Waals surface area contributed by atoms with E-state index in [4.69, 9.17) is 4.74 Å². The first kappa shape index (κ1) is 19.4. The monoisotopic (exact) mass is 387 g/mol. The molecule has 2 aliphatic rings. The van der Waals surface area contributed by atoms with Gasteiger partial charge in [-0.05, 0) is 31.0 Å². The number of halogens is 3. The maximum Gasteiger partial charge on any atom is 0.416 e. The summed E-state index contributed by atoms with van der Waals surface area (Å²) in [7, 11) is 0.